The number of nitrogens with one attached hydrogen (secondary N) is 1. The summed E-state index contributed by atoms with van der Waals surface area (Å²) in [7, 11) is 0. The molecule has 1 rings (SSSR count). The Kier molecular flexibility index (Phi) is 5.38. The fourth-order valence-corrected chi connectivity index (χ4v) is 1.46. The van der Waals surface area contributed by atoms with Crippen LogP contribution in [0.15, 0.2) is 24.3 Å². The van der Waals surface area contributed by atoms with Gasteiger partial charge in [0.15, 0.2) is 0 Å². The van der Waals surface area contributed by atoms with Crippen LogP contribution < -0.4 is 15.8 Å². The van der Waals surface area contributed by atoms with Crippen LogP contribution >= 0.6 is 0 Å². The molecule has 20 heavy (non-hydrogen) atoms. The average Bonchev–Trinajstić information content (AvgIpc) is 2.34. The standard InChI is InChI=1S/C13H17F3N2O2/c1-8(9(2)17)12(19)18-7-10-5-3-4-6-11(10)20-13(14,15)16/h3-6,8-9H,7,17H2,1-2H3,(H,18,19). The Bertz CT molecular complexity index is 461. The van der Waals surface area contributed by atoms with Gasteiger partial charge >= 0.3 is 6.36 Å². The number of carbonyl (C=O) groups is 1. The zero-order valence-electron chi connectivity index (χ0n) is 11.2. The minimum Gasteiger partial charge on any atom is -0.405 e. The molecule has 0 saturated carbocycles. The first-order chi connectivity index (χ1) is 9.20. The molecule has 0 heterocycles. The highest BCUT2D eigenvalue weighted by molar-refractivity contribution is 5.78. The predicted octanol–water partition coefficient (Wildman–Crippen LogP) is 2.18. The van der Waals surface area contributed by atoms with Gasteiger partial charge in [-0.05, 0) is 13.0 Å². The molecule has 0 bridgehead atoms. The second-order valence-corrected chi connectivity index (χ2v) is 4.52. The van der Waals surface area contributed by atoms with E-state index < -0.39 is 12.3 Å². The van der Waals surface area contributed by atoms with Gasteiger partial charge in [-0.15, -0.1) is 13.2 Å². The third kappa shape index (κ3) is 5.08. The second kappa shape index (κ2) is 6.60. The Labute approximate surface area is 115 Å². The van der Waals surface area contributed by atoms with Crippen LogP contribution in [0.2, 0.25) is 0 Å². The van der Waals surface area contributed by atoms with Gasteiger partial charge in [0.05, 0.1) is 0 Å². The SMILES string of the molecule is CC(N)C(C)C(=O)NCc1ccccc1OC(F)(F)F. The van der Waals surface area contributed by atoms with Crippen molar-refractivity contribution in [3.05, 3.63) is 29.8 Å². The third-order valence-electron chi connectivity index (χ3n) is 2.85. The number of alkyl halides is 3. The Morgan fingerprint density at radius 3 is 2.50 bits per heavy atom. The Morgan fingerprint density at radius 2 is 1.95 bits per heavy atom. The van der Waals surface area contributed by atoms with E-state index >= 15 is 0 Å². The summed E-state index contributed by atoms with van der Waals surface area (Å²) in [4.78, 5) is 11.7. The number of hydrogen-bond donors (Lipinski definition) is 2. The van der Waals surface area contributed by atoms with Crippen LogP contribution in [0.4, 0.5) is 13.2 Å². The first kappa shape index (κ1) is 16.3. The van der Waals surface area contributed by atoms with Gasteiger partial charge < -0.3 is 15.8 Å². The summed E-state index contributed by atoms with van der Waals surface area (Å²) >= 11 is 0. The number of para-hydroxylation sites is 1. The molecular formula is C13H17F3N2O2. The normalized spacial score (nSPS) is 14.5. The van der Waals surface area contributed by atoms with Crippen LogP contribution in [0, 0.1) is 5.92 Å². The van der Waals surface area contributed by atoms with Crippen LogP contribution in [0.25, 0.3) is 0 Å². The molecule has 3 N–H and O–H groups in total. The first-order valence-corrected chi connectivity index (χ1v) is 6.07. The molecule has 4 nitrogen and oxygen atoms in total. The zero-order valence-corrected chi connectivity index (χ0v) is 11.2. The van der Waals surface area contributed by atoms with Crippen LogP contribution in [-0.2, 0) is 11.3 Å². The lowest BCUT2D eigenvalue weighted by atomic mass is 10.0. The summed E-state index contributed by atoms with van der Waals surface area (Å²) in [5.41, 5.74) is 5.83. The zero-order chi connectivity index (χ0) is 15.3. The lowest BCUT2D eigenvalue weighted by Gasteiger charge is -2.17. The van der Waals surface area contributed by atoms with Gasteiger partial charge in [-0.2, -0.15) is 0 Å². The molecule has 0 spiro atoms. The van der Waals surface area contributed by atoms with Crippen molar-refractivity contribution < 1.29 is 22.7 Å². The molecule has 0 aliphatic carbocycles. The van der Waals surface area contributed by atoms with E-state index in [0.29, 0.717) is 0 Å². The second-order valence-electron chi connectivity index (χ2n) is 4.52. The maximum absolute atomic E-state index is 12.2. The topological polar surface area (TPSA) is 64.4 Å². The number of carbonyl (C=O) groups excluding carboxylic acids is 1. The van der Waals surface area contributed by atoms with E-state index in [0.717, 1.165) is 0 Å². The fourth-order valence-electron chi connectivity index (χ4n) is 1.46. The number of ether oxygens (including phenoxy) is 1. The molecule has 1 aromatic rings. The van der Waals surface area contributed by atoms with Crippen molar-refractivity contribution in [1.82, 2.24) is 5.32 Å². The van der Waals surface area contributed by atoms with Gasteiger partial charge in [0.25, 0.3) is 0 Å². The maximum Gasteiger partial charge on any atom is 0.573 e. The van der Waals surface area contributed by atoms with E-state index in [1.165, 1.54) is 18.2 Å². The van der Waals surface area contributed by atoms with Crippen LogP contribution in [-0.4, -0.2) is 18.3 Å². The summed E-state index contributed by atoms with van der Waals surface area (Å²) < 4.78 is 40.6. The van der Waals surface area contributed by atoms with Gasteiger partial charge in [-0.1, -0.05) is 25.1 Å². The minimum atomic E-state index is -4.76. The molecule has 0 aliphatic heterocycles. The van der Waals surface area contributed by atoms with Crippen LogP contribution in [0.1, 0.15) is 19.4 Å². The quantitative estimate of drug-likeness (QED) is 0.873. The Balaban J connectivity index is 2.71. The molecule has 112 valence electrons. The lowest BCUT2D eigenvalue weighted by Crippen LogP contribution is -2.38. The molecular weight excluding hydrogens is 273 g/mol. The van der Waals surface area contributed by atoms with Crippen molar-refractivity contribution in [2.24, 2.45) is 11.7 Å². The maximum atomic E-state index is 12.2. The Morgan fingerprint density at radius 1 is 1.35 bits per heavy atom. The number of nitrogens with two attached hydrogens (primary N) is 1. The van der Waals surface area contributed by atoms with Crippen molar-refractivity contribution >= 4 is 5.91 Å². The summed E-state index contributed by atoms with van der Waals surface area (Å²) in [5.74, 6) is -1.07. The summed E-state index contributed by atoms with van der Waals surface area (Å²) in [6, 6.07) is 5.31. The van der Waals surface area contributed by atoms with Gasteiger partial charge in [-0.25, -0.2) is 0 Å². The fraction of sp³-hybridized carbons (Fsp3) is 0.462. The molecule has 2 unspecified atom stereocenters. The molecule has 0 fully saturated rings. The molecule has 0 aromatic heterocycles. The molecule has 0 aliphatic rings. The van der Waals surface area contributed by atoms with E-state index in [1.807, 2.05) is 0 Å². The van der Waals surface area contributed by atoms with Crippen molar-refractivity contribution in [1.29, 1.82) is 0 Å². The molecule has 1 amide bonds. The molecule has 0 saturated heterocycles. The van der Waals surface area contributed by atoms with Gasteiger partial charge in [-0.3, -0.25) is 4.79 Å². The monoisotopic (exact) mass is 290 g/mol. The van der Waals surface area contributed by atoms with Gasteiger partial charge in [0, 0.05) is 24.1 Å². The van der Waals surface area contributed by atoms with Crippen molar-refractivity contribution in [3.8, 4) is 5.75 Å². The van der Waals surface area contributed by atoms with Crippen molar-refractivity contribution in [2.45, 2.75) is 32.8 Å². The van der Waals surface area contributed by atoms with E-state index in [-0.39, 0.29) is 29.8 Å². The minimum absolute atomic E-state index is 0.0534. The van der Waals surface area contributed by atoms with Crippen LogP contribution in [0.5, 0.6) is 5.75 Å². The van der Waals surface area contributed by atoms with E-state index in [4.69, 9.17) is 5.73 Å². The number of amides is 1. The molecule has 0 radical (unpaired) electrons. The molecule has 7 heteroatoms. The highest BCUT2D eigenvalue weighted by atomic mass is 19.4. The summed E-state index contributed by atoms with van der Waals surface area (Å²) in [6.07, 6.45) is -4.76. The van der Waals surface area contributed by atoms with Gasteiger partial charge in [0.1, 0.15) is 5.75 Å². The third-order valence-corrected chi connectivity index (χ3v) is 2.85. The highest BCUT2D eigenvalue weighted by Gasteiger charge is 2.32. The van der Waals surface area contributed by atoms with E-state index in [2.05, 4.69) is 10.1 Å². The van der Waals surface area contributed by atoms with Crippen molar-refractivity contribution in [2.75, 3.05) is 0 Å². The number of rotatable bonds is 5. The van der Waals surface area contributed by atoms with Crippen LogP contribution in [0.3, 0.4) is 0 Å². The highest BCUT2D eigenvalue weighted by Crippen LogP contribution is 2.26. The van der Waals surface area contributed by atoms with E-state index in [1.54, 1.807) is 19.9 Å². The predicted molar refractivity (Wildman–Crippen MR) is 67.8 cm³/mol. The smallest absolute Gasteiger partial charge is 0.405 e. The molecule has 2 atom stereocenters. The summed E-state index contributed by atoms with van der Waals surface area (Å²) in [6.45, 7) is 3.28. The number of benzene rings is 1. The summed E-state index contributed by atoms with van der Waals surface area (Å²) in [5, 5.41) is 2.54. The Hall–Kier alpha value is -1.76. The lowest BCUT2D eigenvalue weighted by molar-refractivity contribution is -0.274. The number of hydrogen-bond acceptors (Lipinski definition) is 3. The largest absolute Gasteiger partial charge is 0.573 e. The molecule has 1 aromatic carbocycles. The van der Waals surface area contributed by atoms with Gasteiger partial charge in [0.2, 0.25) is 5.91 Å². The van der Waals surface area contributed by atoms with E-state index in [9.17, 15) is 18.0 Å². The average molecular weight is 290 g/mol. The van der Waals surface area contributed by atoms with Crippen molar-refractivity contribution in [3.63, 3.8) is 0 Å². The first-order valence-electron chi connectivity index (χ1n) is 6.07. The number of halogens is 3.